The number of halogens is 1. The summed E-state index contributed by atoms with van der Waals surface area (Å²) in [5.41, 5.74) is 3.27. The number of carbonyl (C=O) groups is 2. The number of anilines is 1. The fraction of sp³-hybridized carbons (Fsp3) is 0.375. The Balaban J connectivity index is 1.80. The maximum atomic E-state index is 13.6. The molecular formula is C24H25ClN2O3. The zero-order chi connectivity index (χ0) is 21.1. The summed E-state index contributed by atoms with van der Waals surface area (Å²) in [5, 5.41) is 0.581. The smallest absolute Gasteiger partial charge is 0.307 e. The molecule has 0 radical (unpaired) electrons. The molecular weight excluding hydrogens is 400 g/mol. The molecule has 156 valence electrons. The Hall–Kier alpha value is -2.66. The maximum Gasteiger partial charge on any atom is 0.307 e. The van der Waals surface area contributed by atoms with Crippen LogP contribution in [0.15, 0.2) is 53.5 Å². The number of nitrogens with zero attached hydrogens (tertiary/aromatic N) is 2. The number of amides is 1. The van der Waals surface area contributed by atoms with Crippen LogP contribution in [0.25, 0.3) is 0 Å². The molecule has 0 unspecified atom stereocenters. The first-order valence-corrected chi connectivity index (χ1v) is 10.9. The minimum absolute atomic E-state index is 0.0569. The van der Waals surface area contributed by atoms with E-state index in [-0.39, 0.29) is 30.8 Å². The summed E-state index contributed by atoms with van der Waals surface area (Å²) in [6.45, 7) is 2.36. The Morgan fingerprint density at radius 2 is 1.97 bits per heavy atom. The Kier molecular flexibility index (Phi) is 6.18. The van der Waals surface area contributed by atoms with Gasteiger partial charge >= 0.3 is 5.97 Å². The van der Waals surface area contributed by atoms with Crippen molar-refractivity contribution in [1.29, 1.82) is 0 Å². The van der Waals surface area contributed by atoms with Gasteiger partial charge in [-0.25, -0.2) is 0 Å². The number of esters is 1. The Labute approximate surface area is 181 Å². The molecule has 1 aliphatic heterocycles. The van der Waals surface area contributed by atoms with Gasteiger partial charge in [0.25, 0.3) is 5.91 Å². The second-order valence-corrected chi connectivity index (χ2v) is 8.12. The lowest BCUT2D eigenvalue weighted by molar-refractivity contribution is -0.142. The summed E-state index contributed by atoms with van der Waals surface area (Å²) < 4.78 is 5.08. The summed E-state index contributed by atoms with van der Waals surface area (Å²) >= 11 is 6.34. The van der Waals surface area contributed by atoms with E-state index in [4.69, 9.17) is 21.3 Å². The van der Waals surface area contributed by atoms with Crippen LogP contribution in [-0.4, -0.2) is 36.8 Å². The predicted octanol–water partition coefficient (Wildman–Crippen LogP) is 4.65. The van der Waals surface area contributed by atoms with Gasteiger partial charge in [-0.2, -0.15) is 0 Å². The summed E-state index contributed by atoms with van der Waals surface area (Å²) in [5.74, 6) is -0.140. The molecule has 30 heavy (non-hydrogen) atoms. The van der Waals surface area contributed by atoms with Crippen molar-refractivity contribution >= 4 is 34.9 Å². The number of carbonyl (C=O) groups excluding carboxylic acids is 2. The molecule has 2 aromatic rings. The topological polar surface area (TPSA) is 59.0 Å². The standard InChI is InChI=1S/C24H25ClN2O3/c1-2-30-21(28)13-14-27-20-12-11-18(25)15-19(20)22(16-7-4-3-5-8-16)26-23(24(27)29)17-9-6-10-17/h3-5,7-8,11-12,15,17,23H,2,6,9-10,13-14H2,1H3/t23-/m0/s1. The Morgan fingerprint density at radius 1 is 1.20 bits per heavy atom. The van der Waals surface area contributed by atoms with E-state index in [0.717, 1.165) is 41.8 Å². The molecule has 2 aliphatic rings. The number of hydrogen-bond donors (Lipinski definition) is 0. The van der Waals surface area contributed by atoms with E-state index < -0.39 is 6.04 Å². The maximum absolute atomic E-state index is 13.6. The van der Waals surface area contributed by atoms with Crippen LogP contribution in [0, 0.1) is 5.92 Å². The molecule has 4 rings (SSSR count). The van der Waals surface area contributed by atoms with Gasteiger partial charge < -0.3 is 9.64 Å². The van der Waals surface area contributed by atoms with Crippen molar-refractivity contribution < 1.29 is 14.3 Å². The van der Waals surface area contributed by atoms with Crippen molar-refractivity contribution in [3.63, 3.8) is 0 Å². The second-order valence-electron chi connectivity index (χ2n) is 7.69. The van der Waals surface area contributed by atoms with Crippen LogP contribution in [0.3, 0.4) is 0 Å². The number of hydrogen-bond acceptors (Lipinski definition) is 4. The van der Waals surface area contributed by atoms with E-state index in [0.29, 0.717) is 11.6 Å². The third-order valence-electron chi connectivity index (χ3n) is 5.78. The zero-order valence-corrected chi connectivity index (χ0v) is 17.8. The van der Waals surface area contributed by atoms with E-state index in [2.05, 4.69) is 0 Å². The van der Waals surface area contributed by atoms with Crippen molar-refractivity contribution in [2.45, 2.75) is 38.6 Å². The number of benzene rings is 2. The molecule has 1 atom stereocenters. The molecule has 0 saturated heterocycles. The van der Waals surface area contributed by atoms with Crippen LogP contribution in [0.1, 0.15) is 43.7 Å². The first-order valence-electron chi connectivity index (χ1n) is 10.5. The van der Waals surface area contributed by atoms with E-state index in [1.165, 1.54) is 0 Å². The molecule has 1 aliphatic carbocycles. The third-order valence-corrected chi connectivity index (χ3v) is 6.02. The summed E-state index contributed by atoms with van der Waals surface area (Å²) in [4.78, 5) is 32.3. The number of rotatable bonds is 6. The highest BCUT2D eigenvalue weighted by Gasteiger charge is 2.39. The Morgan fingerprint density at radius 3 is 2.63 bits per heavy atom. The van der Waals surface area contributed by atoms with Gasteiger partial charge in [-0.05, 0) is 43.9 Å². The van der Waals surface area contributed by atoms with Gasteiger partial charge in [0.1, 0.15) is 6.04 Å². The highest BCUT2D eigenvalue weighted by molar-refractivity contribution is 6.32. The molecule has 1 heterocycles. The monoisotopic (exact) mass is 424 g/mol. The van der Waals surface area contributed by atoms with E-state index in [1.807, 2.05) is 42.5 Å². The molecule has 2 aromatic carbocycles. The molecule has 1 saturated carbocycles. The fourth-order valence-corrected chi connectivity index (χ4v) is 4.20. The number of benzodiazepines with no additional fused rings is 1. The highest BCUT2D eigenvalue weighted by atomic mass is 35.5. The van der Waals surface area contributed by atoms with Gasteiger partial charge in [0.05, 0.1) is 24.4 Å². The SMILES string of the molecule is CCOC(=O)CCN1C(=O)[C@H](C2CCC2)N=C(c2ccccc2)c2cc(Cl)ccc21. The average Bonchev–Trinajstić information content (AvgIpc) is 2.81. The molecule has 5 nitrogen and oxygen atoms in total. The van der Waals surface area contributed by atoms with Crippen LogP contribution >= 0.6 is 11.6 Å². The van der Waals surface area contributed by atoms with E-state index >= 15 is 0 Å². The van der Waals surface area contributed by atoms with Gasteiger partial charge in [-0.15, -0.1) is 0 Å². The average molecular weight is 425 g/mol. The fourth-order valence-electron chi connectivity index (χ4n) is 4.03. The lowest BCUT2D eigenvalue weighted by Gasteiger charge is -2.33. The lowest BCUT2D eigenvalue weighted by Crippen LogP contribution is -2.44. The molecule has 1 amide bonds. The van der Waals surface area contributed by atoms with Gasteiger partial charge in [0.15, 0.2) is 0 Å². The van der Waals surface area contributed by atoms with E-state index in [1.54, 1.807) is 17.9 Å². The van der Waals surface area contributed by atoms with Crippen molar-refractivity contribution in [3.05, 3.63) is 64.7 Å². The zero-order valence-electron chi connectivity index (χ0n) is 17.0. The number of fused-ring (bicyclic) bond motifs is 1. The van der Waals surface area contributed by atoms with Crippen molar-refractivity contribution in [2.24, 2.45) is 10.9 Å². The first-order chi connectivity index (χ1) is 14.6. The lowest BCUT2D eigenvalue weighted by atomic mass is 9.79. The van der Waals surface area contributed by atoms with Crippen LogP contribution in [0.4, 0.5) is 5.69 Å². The summed E-state index contributed by atoms with van der Waals surface area (Å²) in [6.07, 6.45) is 3.24. The van der Waals surface area contributed by atoms with Gasteiger partial charge in [-0.3, -0.25) is 14.6 Å². The van der Waals surface area contributed by atoms with Gasteiger partial charge in [0, 0.05) is 22.7 Å². The molecule has 6 heteroatoms. The summed E-state index contributed by atoms with van der Waals surface area (Å²) in [6, 6.07) is 14.9. The normalized spacial score (nSPS) is 18.9. The van der Waals surface area contributed by atoms with Gasteiger partial charge in [0.2, 0.25) is 0 Å². The number of aliphatic imine (C=N–C) groups is 1. The van der Waals surface area contributed by atoms with Crippen LogP contribution in [0.5, 0.6) is 0 Å². The Bertz CT molecular complexity index is 970. The second kappa shape index (κ2) is 9.00. The molecule has 0 aromatic heterocycles. The third kappa shape index (κ3) is 4.12. The molecule has 0 N–H and O–H groups in total. The molecule has 0 bridgehead atoms. The van der Waals surface area contributed by atoms with Crippen LogP contribution in [-0.2, 0) is 14.3 Å². The minimum Gasteiger partial charge on any atom is -0.466 e. The van der Waals surface area contributed by atoms with Gasteiger partial charge in [-0.1, -0.05) is 48.4 Å². The van der Waals surface area contributed by atoms with Crippen LogP contribution < -0.4 is 4.90 Å². The van der Waals surface area contributed by atoms with Crippen molar-refractivity contribution in [3.8, 4) is 0 Å². The van der Waals surface area contributed by atoms with Crippen molar-refractivity contribution in [2.75, 3.05) is 18.1 Å². The predicted molar refractivity (Wildman–Crippen MR) is 118 cm³/mol. The molecule has 1 fully saturated rings. The largest absolute Gasteiger partial charge is 0.466 e. The molecule has 0 spiro atoms. The highest BCUT2D eigenvalue weighted by Crippen LogP contribution is 2.37. The summed E-state index contributed by atoms with van der Waals surface area (Å²) in [7, 11) is 0. The van der Waals surface area contributed by atoms with E-state index in [9.17, 15) is 9.59 Å². The first kappa shape index (κ1) is 20.6. The van der Waals surface area contributed by atoms with Crippen LogP contribution in [0.2, 0.25) is 5.02 Å². The quantitative estimate of drug-likeness (QED) is 0.634. The minimum atomic E-state index is -0.456. The van der Waals surface area contributed by atoms with Crippen molar-refractivity contribution in [1.82, 2.24) is 0 Å². The number of ether oxygens (including phenoxy) is 1.